The van der Waals surface area contributed by atoms with Crippen molar-refractivity contribution in [2.75, 3.05) is 13.7 Å². The third-order valence-corrected chi connectivity index (χ3v) is 2.40. The molecule has 1 rings (SSSR count). The Kier molecular flexibility index (Phi) is 7.39. The summed E-state index contributed by atoms with van der Waals surface area (Å²) in [4.78, 5) is 11.5. The van der Waals surface area contributed by atoms with E-state index in [9.17, 15) is 4.79 Å². The zero-order valence-corrected chi connectivity index (χ0v) is 13.1. The van der Waals surface area contributed by atoms with Crippen molar-refractivity contribution in [1.82, 2.24) is 5.32 Å². The molecule has 5 nitrogen and oxygen atoms in total. The van der Waals surface area contributed by atoms with Crippen molar-refractivity contribution in [3.8, 4) is 5.75 Å². The van der Waals surface area contributed by atoms with E-state index in [2.05, 4.69) is 5.32 Å². The molecule has 0 saturated carbocycles. The summed E-state index contributed by atoms with van der Waals surface area (Å²) >= 11 is 0. The van der Waals surface area contributed by atoms with Gasteiger partial charge in [0, 0.05) is 12.1 Å². The smallest absolute Gasteiger partial charge is 0.407 e. The minimum atomic E-state index is -0.515. The number of nitrogens with two attached hydrogens (primary N) is 1. The van der Waals surface area contributed by atoms with E-state index in [1.54, 1.807) is 7.11 Å². The Labute approximate surface area is 126 Å². The molecule has 114 valence electrons. The van der Waals surface area contributed by atoms with Crippen molar-refractivity contribution < 1.29 is 14.3 Å². The molecule has 0 heterocycles. The maximum atomic E-state index is 11.5. The zero-order valence-electron chi connectivity index (χ0n) is 12.3. The summed E-state index contributed by atoms with van der Waals surface area (Å²) in [6, 6.07) is 7.12. The predicted octanol–water partition coefficient (Wildman–Crippen LogP) is 2.64. The van der Waals surface area contributed by atoms with Crippen molar-refractivity contribution in [1.29, 1.82) is 0 Å². The number of nitrogens with one attached hydrogen (secondary N) is 1. The molecular weight excluding hydrogens is 280 g/mol. The summed E-state index contributed by atoms with van der Waals surface area (Å²) in [6.07, 6.45) is -0.474. The lowest BCUT2D eigenvalue weighted by molar-refractivity contribution is 0.0524. The number of ether oxygens (including phenoxy) is 2. The summed E-state index contributed by atoms with van der Waals surface area (Å²) in [5.41, 5.74) is 6.37. The van der Waals surface area contributed by atoms with Crippen molar-refractivity contribution >= 4 is 18.5 Å². The molecule has 0 aliphatic rings. The van der Waals surface area contributed by atoms with Crippen LogP contribution in [0.2, 0.25) is 0 Å². The van der Waals surface area contributed by atoms with Gasteiger partial charge in [-0.25, -0.2) is 4.79 Å². The first kappa shape index (κ1) is 18.5. The lowest BCUT2D eigenvalue weighted by Gasteiger charge is -2.21. The third kappa shape index (κ3) is 6.12. The first-order chi connectivity index (χ1) is 8.83. The monoisotopic (exact) mass is 302 g/mol. The topological polar surface area (TPSA) is 73.6 Å². The number of carbonyl (C=O) groups is 1. The molecular formula is C14H23ClN2O3. The molecule has 0 aliphatic heterocycles. The van der Waals surface area contributed by atoms with Gasteiger partial charge in [-0.2, -0.15) is 0 Å². The second-order valence-electron chi connectivity index (χ2n) is 5.23. The van der Waals surface area contributed by atoms with Crippen molar-refractivity contribution in [2.24, 2.45) is 5.73 Å². The molecule has 0 spiro atoms. The Balaban J connectivity index is 0.00000361. The van der Waals surface area contributed by atoms with E-state index in [0.29, 0.717) is 5.75 Å². The highest BCUT2D eigenvalue weighted by molar-refractivity contribution is 5.85. The van der Waals surface area contributed by atoms with Gasteiger partial charge in [0.05, 0.1) is 13.2 Å². The van der Waals surface area contributed by atoms with Crippen LogP contribution in [-0.2, 0) is 4.74 Å². The molecule has 6 heteroatoms. The number of methoxy groups -OCH3 is 1. The van der Waals surface area contributed by atoms with Crippen LogP contribution in [0.3, 0.4) is 0 Å². The Hall–Kier alpha value is -1.46. The van der Waals surface area contributed by atoms with Gasteiger partial charge >= 0.3 is 6.09 Å². The number of hydrogen-bond donors (Lipinski definition) is 2. The normalized spacial score (nSPS) is 12.1. The molecule has 0 fully saturated rings. The fourth-order valence-corrected chi connectivity index (χ4v) is 1.59. The molecule has 0 radical (unpaired) electrons. The zero-order chi connectivity index (χ0) is 14.5. The molecule has 1 amide bonds. The van der Waals surface area contributed by atoms with Crippen LogP contribution in [0.5, 0.6) is 5.75 Å². The number of amides is 1. The minimum Gasteiger partial charge on any atom is -0.496 e. The van der Waals surface area contributed by atoms with Crippen LogP contribution in [-0.4, -0.2) is 25.3 Å². The van der Waals surface area contributed by atoms with Crippen LogP contribution >= 0.6 is 12.4 Å². The van der Waals surface area contributed by atoms with E-state index in [-0.39, 0.29) is 25.0 Å². The second kappa shape index (κ2) is 7.97. The highest BCUT2D eigenvalue weighted by Crippen LogP contribution is 2.22. The Morgan fingerprint density at radius 2 is 1.95 bits per heavy atom. The summed E-state index contributed by atoms with van der Waals surface area (Å²) in [5.74, 6) is 0.709. The van der Waals surface area contributed by atoms with Gasteiger partial charge in [-0.3, -0.25) is 0 Å². The minimum absolute atomic E-state index is 0. The van der Waals surface area contributed by atoms with Crippen molar-refractivity contribution in [3.05, 3.63) is 29.8 Å². The highest BCUT2D eigenvalue weighted by atomic mass is 35.5. The van der Waals surface area contributed by atoms with E-state index in [1.165, 1.54) is 0 Å². The average molecular weight is 303 g/mol. The number of alkyl carbamates (subject to hydrolysis) is 1. The Morgan fingerprint density at radius 1 is 1.35 bits per heavy atom. The predicted molar refractivity (Wildman–Crippen MR) is 81.4 cm³/mol. The summed E-state index contributed by atoms with van der Waals surface area (Å²) in [5, 5.41) is 2.65. The number of benzene rings is 1. The van der Waals surface area contributed by atoms with Crippen LogP contribution in [0.4, 0.5) is 4.79 Å². The number of carbonyl (C=O) groups excluding carboxylic acids is 1. The van der Waals surface area contributed by atoms with E-state index in [0.717, 1.165) is 5.56 Å². The largest absolute Gasteiger partial charge is 0.496 e. The average Bonchev–Trinajstić information content (AvgIpc) is 2.33. The van der Waals surface area contributed by atoms with Crippen LogP contribution in [0.1, 0.15) is 32.4 Å². The van der Waals surface area contributed by atoms with Gasteiger partial charge in [0.15, 0.2) is 0 Å². The van der Waals surface area contributed by atoms with Gasteiger partial charge in [-0.05, 0) is 26.8 Å². The van der Waals surface area contributed by atoms with Gasteiger partial charge in [0.2, 0.25) is 0 Å². The molecule has 20 heavy (non-hydrogen) atoms. The van der Waals surface area contributed by atoms with Gasteiger partial charge in [-0.15, -0.1) is 12.4 Å². The number of para-hydroxylation sites is 1. The summed E-state index contributed by atoms with van der Waals surface area (Å²) in [6.45, 7) is 5.72. The fourth-order valence-electron chi connectivity index (χ4n) is 1.59. The van der Waals surface area contributed by atoms with Crippen LogP contribution in [0.15, 0.2) is 24.3 Å². The molecule has 0 saturated heterocycles. The first-order valence-electron chi connectivity index (χ1n) is 6.19. The molecule has 1 aromatic rings. The molecule has 1 unspecified atom stereocenters. The molecule has 0 bridgehead atoms. The van der Waals surface area contributed by atoms with Crippen LogP contribution in [0.25, 0.3) is 0 Å². The van der Waals surface area contributed by atoms with Crippen molar-refractivity contribution in [3.63, 3.8) is 0 Å². The van der Waals surface area contributed by atoms with Crippen LogP contribution in [0, 0.1) is 0 Å². The molecule has 0 aromatic heterocycles. The number of hydrogen-bond acceptors (Lipinski definition) is 4. The molecule has 1 aromatic carbocycles. The molecule has 0 aliphatic carbocycles. The fraction of sp³-hybridized carbons (Fsp3) is 0.500. The quantitative estimate of drug-likeness (QED) is 0.896. The van der Waals surface area contributed by atoms with Crippen molar-refractivity contribution in [2.45, 2.75) is 32.4 Å². The Morgan fingerprint density at radius 3 is 2.50 bits per heavy atom. The van der Waals surface area contributed by atoms with Gasteiger partial charge in [-0.1, -0.05) is 18.2 Å². The summed E-state index contributed by atoms with van der Waals surface area (Å²) in [7, 11) is 1.59. The van der Waals surface area contributed by atoms with E-state index in [4.69, 9.17) is 15.2 Å². The van der Waals surface area contributed by atoms with E-state index in [1.807, 2.05) is 45.0 Å². The van der Waals surface area contributed by atoms with Gasteiger partial charge in [0.1, 0.15) is 11.4 Å². The highest BCUT2D eigenvalue weighted by Gasteiger charge is 2.17. The number of halogens is 1. The van der Waals surface area contributed by atoms with Crippen LogP contribution < -0.4 is 15.8 Å². The lowest BCUT2D eigenvalue weighted by Crippen LogP contribution is -2.36. The Bertz CT molecular complexity index is 433. The molecule has 3 N–H and O–H groups in total. The maximum absolute atomic E-state index is 11.5. The van der Waals surface area contributed by atoms with Gasteiger partial charge < -0.3 is 20.5 Å². The maximum Gasteiger partial charge on any atom is 0.407 e. The SMILES string of the molecule is COc1ccccc1C(N)CNC(=O)OC(C)(C)C.Cl. The van der Waals surface area contributed by atoms with Gasteiger partial charge in [0.25, 0.3) is 0 Å². The van der Waals surface area contributed by atoms with E-state index < -0.39 is 11.7 Å². The lowest BCUT2D eigenvalue weighted by atomic mass is 10.1. The van der Waals surface area contributed by atoms with E-state index >= 15 is 0 Å². The number of rotatable bonds is 4. The second-order valence-corrected chi connectivity index (χ2v) is 5.23. The first-order valence-corrected chi connectivity index (χ1v) is 6.19. The summed E-state index contributed by atoms with van der Waals surface area (Å²) < 4.78 is 10.4. The molecule has 1 atom stereocenters. The third-order valence-electron chi connectivity index (χ3n) is 2.40. The standard InChI is InChI=1S/C14H22N2O3.ClH/c1-14(2,3)19-13(17)16-9-11(15)10-7-5-6-8-12(10)18-4;/h5-8,11H,9,15H2,1-4H3,(H,16,17);1H.